The molecule has 0 amide bonds. The lowest BCUT2D eigenvalue weighted by molar-refractivity contribution is 0.271. The molecule has 2 atom stereocenters. The minimum atomic E-state index is -1.99. The van der Waals surface area contributed by atoms with Crippen molar-refractivity contribution in [3.05, 3.63) is 0 Å². The van der Waals surface area contributed by atoms with E-state index in [1.54, 1.807) is 0 Å². The fourth-order valence-electron chi connectivity index (χ4n) is 1.44. The lowest BCUT2D eigenvalue weighted by atomic mass is 10.1. The van der Waals surface area contributed by atoms with Crippen molar-refractivity contribution in [2.24, 2.45) is 5.92 Å². The molecule has 1 fully saturated rings. The smallest absolute Gasteiger partial charge is 0.226 e. The first-order valence-corrected chi connectivity index (χ1v) is 7.52. The van der Waals surface area contributed by atoms with Crippen LogP contribution in [-0.4, -0.2) is 19.3 Å². The van der Waals surface area contributed by atoms with E-state index in [2.05, 4.69) is 31.2 Å². The Kier molecular flexibility index (Phi) is 4.46. The van der Waals surface area contributed by atoms with E-state index in [1.165, 1.54) is 0 Å². The Labute approximate surface area is 86.3 Å². The van der Waals surface area contributed by atoms with Crippen LogP contribution in [0.1, 0.15) is 27.2 Å². The molecular formula is C8H19NO2PS. The van der Waals surface area contributed by atoms with Crippen molar-refractivity contribution in [2.75, 3.05) is 13.2 Å². The zero-order valence-electron chi connectivity index (χ0n) is 8.49. The Morgan fingerprint density at radius 1 is 1.69 bits per heavy atom. The molecule has 5 heteroatoms. The molecule has 1 heterocycles. The lowest BCUT2D eigenvalue weighted by Crippen LogP contribution is -2.24. The Balaban J connectivity index is 2.34. The summed E-state index contributed by atoms with van der Waals surface area (Å²) >= 11 is 4.40. The number of hydrogen-bond acceptors (Lipinski definition) is 4. The van der Waals surface area contributed by atoms with Gasteiger partial charge in [-0.05, 0) is 19.3 Å². The van der Waals surface area contributed by atoms with Gasteiger partial charge in [0.05, 0.1) is 13.2 Å². The topological polar surface area (TPSA) is 30.5 Å². The minimum Gasteiger partial charge on any atom is -0.322 e. The predicted molar refractivity (Wildman–Crippen MR) is 59.9 cm³/mol. The molecule has 1 radical (unpaired) electrons. The molecule has 1 saturated heterocycles. The molecule has 0 bridgehead atoms. The van der Waals surface area contributed by atoms with Crippen LogP contribution in [0.3, 0.4) is 0 Å². The number of rotatable bonds is 4. The highest BCUT2D eigenvalue weighted by Crippen LogP contribution is 2.65. The molecular weight excluding hydrogens is 205 g/mol. The average molecular weight is 224 g/mol. The Morgan fingerprint density at radius 2 is 2.38 bits per heavy atom. The van der Waals surface area contributed by atoms with Crippen molar-refractivity contribution < 1.29 is 9.05 Å². The predicted octanol–water partition coefficient (Wildman–Crippen LogP) is 2.66. The first-order valence-electron chi connectivity index (χ1n) is 4.74. The largest absolute Gasteiger partial charge is 0.322 e. The van der Waals surface area contributed by atoms with Gasteiger partial charge in [0.15, 0.2) is 0 Å². The number of nitrogens with one attached hydrogen (secondary N) is 1. The van der Waals surface area contributed by atoms with Crippen LogP contribution >= 0.6 is 19.3 Å². The van der Waals surface area contributed by atoms with Crippen molar-refractivity contribution >= 4 is 19.3 Å². The zero-order chi connectivity index (χ0) is 9.90. The summed E-state index contributed by atoms with van der Waals surface area (Å²) in [6.45, 7) is 7.76. The van der Waals surface area contributed by atoms with Gasteiger partial charge in [0.25, 0.3) is 0 Å². The SMILES string of the molecule is CCO[P]1(S)N[C@@H](CC(C)C)CO1. The first-order chi connectivity index (χ1) is 6.06. The number of hydrogen-bond donors (Lipinski definition) is 2. The average Bonchev–Trinajstić information content (AvgIpc) is 2.31. The Hall–Kier alpha value is 0.660. The fraction of sp³-hybridized carbons (Fsp3) is 1.00. The lowest BCUT2D eigenvalue weighted by Gasteiger charge is -2.23. The minimum absolute atomic E-state index is 0.414. The monoisotopic (exact) mass is 224 g/mol. The third-order valence-electron chi connectivity index (χ3n) is 1.86. The van der Waals surface area contributed by atoms with Gasteiger partial charge in [0, 0.05) is 6.04 Å². The first kappa shape index (κ1) is 11.7. The van der Waals surface area contributed by atoms with Gasteiger partial charge in [-0.3, -0.25) is 0 Å². The summed E-state index contributed by atoms with van der Waals surface area (Å²) < 4.78 is 11.0. The van der Waals surface area contributed by atoms with E-state index in [1.807, 2.05) is 6.92 Å². The summed E-state index contributed by atoms with van der Waals surface area (Å²) in [5, 5.41) is 3.33. The van der Waals surface area contributed by atoms with E-state index in [0.717, 1.165) is 13.0 Å². The van der Waals surface area contributed by atoms with Crippen molar-refractivity contribution in [1.82, 2.24) is 5.09 Å². The number of thiol groups is 1. The summed E-state index contributed by atoms with van der Waals surface area (Å²) in [7, 11) is -1.99. The standard InChI is InChI=1S/C8H19NO2PS/c1-4-10-12(13)9-8(6-11-12)5-7(2)3/h7-9,13H,4-6H2,1-3H3/t8-/m0/s1. The van der Waals surface area contributed by atoms with Crippen molar-refractivity contribution in [3.8, 4) is 0 Å². The molecule has 3 nitrogen and oxygen atoms in total. The molecule has 79 valence electrons. The van der Waals surface area contributed by atoms with Crippen LogP contribution in [0, 0.1) is 5.92 Å². The van der Waals surface area contributed by atoms with Gasteiger partial charge in [-0.25, -0.2) is 5.09 Å². The third kappa shape index (κ3) is 3.72. The second-order valence-corrected chi connectivity index (χ2v) is 7.08. The van der Waals surface area contributed by atoms with Crippen LogP contribution in [0.2, 0.25) is 0 Å². The third-order valence-corrected chi connectivity index (χ3v) is 4.69. The van der Waals surface area contributed by atoms with Gasteiger partial charge in [-0.2, -0.15) is 0 Å². The fourth-order valence-corrected chi connectivity index (χ4v) is 4.07. The highest BCUT2D eigenvalue weighted by Gasteiger charge is 2.36. The Morgan fingerprint density at radius 3 is 2.92 bits per heavy atom. The normalized spacial score (nSPS) is 34.4. The molecule has 0 aliphatic carbocycles. The van der Waals surface area contributed by atoms with E-state index < -0.39 is 7.07 Å². The van der Waals surface area contributed by atoms with Crippen molar-refractivity contribution in [3.63, 3.8) is 0 Å². The van der Waals surface area contributed by atoms with Gasteiger partial charge < -0.3 is 9.05 Å². The summed E-state index contributed by atoms with van der Waals surface area (Å²) in [5.41, 5.74) is 0. The van der Waals surface area contributed by atoms with E-state index in [9.17, 15) is 0 Å². The van der Waals surface area contributed by atoms with Gasteiger partial charge >= 0.3 is 0 Å². The van der Waals surface area contributed by atoms with Crippen LogP contribution < -0.4 is 5.09 Å². The van der Waals surface area contributed by atoms with E-state index in [0.29, 0.717) is 18.6 Å². The Bertz CT molecular complexity index is 170. The zero-order valence-corrected chi connectivity index (χ0v) is 10.3. The van der Waals surface area contributed by atoms with Crippen molar-refractivity contribution in [1.29, 1.82) is 0 Å². The summed E-state index contributed by atoms with van der Waals surface area (Å²) in [4.78, 5) is 0. The molecule has 0 aromatic carbocycles. The van der Waals surface area contributed by atoms with E-state index in [-0.39, 0.29) is 0 Å². The van der Waals surface area contributed by atoms with E-state index >= 15 is 0 Å². The second kappa shape index (κ2) is 4.94. The van der Waals surface area contributed by atoms with Crippen LogP contribution in [0.15, 0.2) is 0 Å². The molecule has 1 aliphatic heterocycles. The van der Waals surface area contributed by atoms with Crippen LogP contribution in [-0.2, 0) is 9.05 Å². The van der Waals surface area contributed by atoms with Gasteiger partial charge in [-0.1, -0.05) is 26.1 Å². The molecule has 0 aromatic rings. The maximum atomic E-state index is 5.54. The molecule has 0 saturated carbocycles. The van der Waals surface area contributed by atoms with Crippen LogP contribution in [0.5, 0.6) is 0 Å². The van der Waals surface area contributed by atoms with E-state index in [4.69, 9.17) is 9.05 Å². The van der Waals surface area contributed by atoms with Crippen LogP contribution in [0.25, 0.3) is 0 Å². The van der Waals surface area contributed by atoms with Gasteiger partial charge in [0.2, 0.25) is 7.07 Å². The second-order valence-electron chi connectivity index (χ2n) is 3.69. The molecule has 0 spiro atoms. The van der Waals surface area contributed by atoms with Gasteiger partial charge in [-0.15, -0.1) is 0 Å². The summed E-state index contributed by atoms with van der Waals surface area (Å²) in [6.07, 6.45) is 1.12. The molecule has 1 unspecified atom stereocenters. The van der Waals surface area contributed by atoms with Gasteiger partial charge in [0.1, 0.15) is 0 Å². The molecule has 1 rings (SSSR count). The highest BCUT2D eigenvalue weighted by molar-refractivity contribution is 8.48. The molecule has 1 aliphatic rings. The maximum Gasteiger partial charge on any atom is 0.226 e. The van der Waals surface area contributed by atoms with Crippen molar-refractivity contribution in [2.45, 2.75) is 33.2 Å². The maximum absolute atomic E-state index is 5.54. The molecule has 0 aromatic heterocycles. The summed E-state index contributed by atoms with van der Waals surface area (Å²) in [5.74, 6) is 0.683. The molecule has 1 N–H and O–H groups in total. The quantitative estimate of drug-likeness (QED) is 0.568. The highest BCUT2D eigenvalue weighted by atomic mass is 32.7. The molecule has 13 heavy (non-hydrogen) atoms. The van der Waals surface area contributed by atoms with Crippen LogP contribution in [0.4, 0.5) is 0 Å². The summed E-state index contributed by atoms with van der Waals surface area (Å²) in [6, 6.07) is 0.414.